The van der Waals surface area contributed by atoms with Crippen molar-refractivity contribution >= 4 is 0 Å². The predicted octanol–water partition coefficient (Wildman–Crippen LogP) is 2.81. The Morgan fingerprint density at radius 2 is 2.06 bits per heavy atom. The number of rotatable bonds is 5. The van der Waals surface area contributed by atoms with Gasteiger partial charge >= 0.3 is 0 Å². The molecule has 1 N–H and O–H groups in total. The summed E-state index contributed by atoms with van der Waals surface area (Å²) in [5, 5.41) is 15.5. The second-order valence-corrected chi connectivity index (χ2v) is 5.73. The summed E-state index contributed by atoms with van der Waals surface area (Å²) < 4.78 is 1.81. The SMILES string of the molecule is CCC(C)C(O)(C1CCCC1)C(C)n1cncn1. The first kappa shape index (κ1) is 13.5. The summed E-state index contributed by atoms with van der Waals surface area (Å²) in [7, 11) is 0. The molecule has 1 aromatic rings. The van der Waals surface area contributed by atoms with Crippen molar-refractivity contribution in [2.75, 3.05) is 0 Å². The van der Waals surface area contributed by atoms with E-state index in [-0.39, 0.29) is 12.0 Å². The Morgan fingerprint density at radius 1 is 1.39 bits per heavy atom. The lowest BCUT2D eigenvalue weighted by Gasteiger charge is -2.43. The third-order valence-corrected chi connectivity index (χ3v) is 4.91. The second-order valence-electron chi connectivity index (χ2n) is 5.73. The smallest absolute Gasteiger partial charge is 0.137 e. The van der Waals surface area contributed by atoms with Crippen molar-refractivity contribution in [1.29, 1.82) is 0 Å². The molecule has 1 fully saturated rings. The highest BCUT2D eigenvalue weighted by Gasteiger charge is 2.47. The lowest BCUT2D eigenvalue weighted by Crippen LogP contribution is -2.49. The van der Waals surface area contributed by atoms with Gasteiger partial charge in [0.1, 0.15) is 12.7 Å². The van der Waals surface area contributed by atoms with Gasteiger partial charge in [-0.05, 0) is 31.6 Å². The zero-order valence-corrected chi connectivity index (χ0v) is 11.7. The summed E-state index contributed by atoms with van der Waals surface area (Å²) in [5.41, 5.74) is -0.668. The van der Waals surface area contributed by atoms with Crippen LogP contribution in [0.4, 0.5) is 0 Å². The summed E-state index contributed by atoms with van der Waals surface area (Å²) in [6, 6.07) is -0.0157. The number of nitrogens with zero attached hydrogens (tertiary/aromatic N) is 3. The van der Waals surface area contributed by atoms with Gasteiger partial charge in [-0.3, -0.25) is 0 Å². The predicted molar refractivity (Wildman–Crippen MR) is 71.1 cm³/mol. The lowest BCUT2D eigenvalue weighted by molar-refractivity contribution is -0.102. The standard InChI is InChI=1S/C14H25N3O/c1-4-11(2)14(18,13-7-5-6-8-13)12(3)17-10-15-9-16-17/h9-13,18H,4-8H2,1-3H3. The van der Waals surface area contributed by atoms with Crippen LogP contribution in [0, 0.1) is 11.8 Å². The van der Waals surface area contributed by atoms with Crippen LogP contribution in [0.15, 0.2) is 12.7 Å². The van der Waals surface area contributed by atoms with Crippen molar-refractivity contribution in [3.8, 4) is 0 Å². The van der Waals surface area contributed by atoms with Crippen LogP contribution in [0.1, 0.15) is 58.9 Å². The van der Waals surface area contributed by atoms with E-state index < -0.39 is 5.60 Å². The van der Waals surface area contributed by atoms with E-state index in [9.17, 15) is 5.11 Å². The molecule has 0 saturated heterocycles. The molecule has 1 aliphatic carbocycles. The quantitative estimate of drug-likeness (QED) is 0.875. The van der Waals surface area contributed by atoms with Crippen molar-refractivity contribution < 1.29 is 5.11 Å². The van der Waals surface area contributed by atoms with Gasteiger partial charge in [0.25, 0.3) is 0 Å². The molecule has 0 spiro atoms. The maximum absolute atomic E-state index is 11.3. The molecule has 0 aromatic carbocycles. The molecule has 1 heterocycles. The molecule has 4 heteroatoms. The van der Waals surface area contributed by atoms with Gasteiger partial charge in [0.2, 0.25) is 0 Å². The minimum Gasteiger partial charge on any atom is -0.387 e. The molecule has 1 aromatic heterocycles. The van der Waals surface area contributed by atoms with Gasteiger partial charge in [0.05, 0.1) is 11.6 Å². The van der Waals surface area contributed by atoms with Crippen LogP contribution in [-0.2, 0) is 0 Å². The van der Waals surface area contributed by atoms with Crippen LogP contribution in [-0.4, -0.2) is 25.5 Å². The van der Waals surface area contributed by atoms with Gasteiger partial charge in [-0.25, -0.2) is 9.67 Å². The third-order valence-electron chi connectivity index (χ3n) is 4.91. The third kappa shape index (κ3) is 2.18. The molecular weight excluding hydrogens is 226 g/mol. The summed E-state index contributed by atoms with van der Waals surface area (Å²) in [6.07, 6.45) is 9.02. The monoisotopic (exact) mass is 251 g/mol. The average Bonchev–Trinajstić information content (AvgIpc) is 3.07. The van der Waals surface area contributed by atoms with E-state index in [0.717, 1.165) is 19.3 Å². The van der Waals surface area contributed by atoms with E-state index in [1.807, 2.05) is 4.68 Å². The Balaban J connectivity index is 2.29. The molecular formula is C14H25N3O. The average molecular weight is 251 g/mol. The fraction of sp³-hybridized carbons (Fsp3) is 0.857. The summed E-state index contributed by atoms with van der Waals surface area (Å²) in [6.45, 7) is 6.38. The number of hydrogen-bond acceptors (Lipinski definition) is 3. The van der Waals surface area contributed by atoms with Gasteiger partial charge in [-0.15, -0.1) is 0 Å². The molecule has 1 aliphatic rings. The molecule has 4 nitrogen and oxygen atoms in total. The maximum atomic E-state index is 11.3. The molecule has 3 unspecified atom stereocenters. The molecule has 0 radical (unpaired) electrons. The number of hydrogen-bond donors (Lipinski definition) is 1. The molecule has 102 valence electrons. The first-order valence-electron chi connectivity index (χ1n) is 7.17. The first-order chi connectivity index (χ1) is 8.60. The van der Waals surface area contributed by atoms with Crippen LogP contribution in [0.25, 0.3) is 0 Å². The summed E-state index contributed by atoms with van der Waals surface area (Å²) >= 11 is 0. The lowest BCUT2D eigenvalue weighted by atomic mass is 9.71. The Kier molecular flexibility index (Phi) is 4.05. The van der Waals surface area contributed by atoms with Gasteiger partial charge in [0.15, 0.2) is 0 Å². The highest BCUT2D eigenvalue weighted by Crippen LogP contribution is 2.45. The van der Waals surface area contributed by atoms with E-state index in [2.05, 4.69) is 30.9 Å². The first-order valence-corrected chi connectivity index (χ1v) is 7.17. The fourth-order valence-electron chi connectivity index (χ4n) is 3.50. The van der Waals surface area contributed by atoms with E-state index in [0.29, 0.717) is 5.92 Å². The van der Waals surface area contributed by atoms with Crippen LogP contribution < -0.4 is 0 Å². The molecule has 0 bridgehead atoms. The van der Waals surface area contributed by atoms with Gasteiger partial charge in [-0.1, -0.05) is 33.1 Å². The van der Waals surface area contributed by atoms with E-state index >= 15 is 0 Å². The summed E-state index contributed by atoms with van der Waals surface area (Å²) in [5.74, 6) is 0.673. The minimum atomic E-state index is -0.668. The topological polar surface area (TPSA) is 50.9 Å². The Bertz CT molecular complexity index is 359. The van der Waals surface area contributed by atoms with E-state index in [4.69, 9.17) is 0 Å². The van der Waals surface area contributed by atoms with Gasteiger partial charge in [-0.2, -0.15) is 5.10 Å². The minimum absolute atomic E-state index is 0.0157. The number of aliphatic hydroxyl groups is 1. The van der Waals surface area contributed by atoms with E-state index in [1.165, 1.54) is 12.8 Å². The Morgan fingerprint density at radius 3 is 2.56 bits per heavy atom. The van der Waals surface area contributed by atoms with Crippen molar-refractivity contribution in [3.63, 3.8) is 0 Å². The Hall–Kier alpha value is -0.900. The van der Waals surface area contributed by atoms with Crippen molar-refractivity contribution in [2.45, 2.75) is 64.5 Å². The normalized spacial score (nSPS) is 23.8. The maximum Gasteiger partial charge on any atom is 0.137 e. The zero-order chi connectivity index (χ0) is 13.2. The van der Waals surface area contributed by atoms with Gasteiger partial charge < -0.3 is 5.11 Å². The highest BCUT2D eigenvalue weighted by molar-refractivity contribution is 4.98. The van der Waals surface area contributed by atoms with Crippen LogP contribution >= 0.6 is 0 Å². The largest absolute Gasteiger partial charge is 0.387 e. The molecule has 18 heavy (non-hydrogen) atoms. The molecule has 0 amide bonds. The Labute approximate surface area is 109 Å². The highest BCUT2D eigenvalue weighted by atomic mass is 16.3. The van der Waals surface area contributed by atoms with Crippen molar-refractivity contribution in [2.24, 2.45) is 11.8 Å². The summed E-state index contributed by atoms with van der Waals surface area (Å²) in [4.78, 5) is 4.01. The molecule has 3 atom stereocenters. The molecule has 2 rings (SSSR count). The van der Waals surface area contributed by atoms with Crippen molar-refractivity contribution in [3.05, 3.63) is 12.7 Å². The molecule has 1 saturated carbocycles. The number of aromatic nitrogens is 3. The van der Waals surface area contributed by atoms with Crippen molar-refractivity contribution in [1.82, 2.24) is 14.8 Å². The van der Waals surface area contributed by atoms with Crippen LogP contribution in [0.5, 0.6) is 0 Å². The second kappa shape index (κ2) is 5.39. The van der Waals surface area contributed by atoms with E-state index in [1.54, 1.807) is 12.7 Å². The molecule has 0 aliphatic heterocycles. The fourth-order valence-corrected chi connectivity index (χ4v) is 3.50. The van der Waals surface area contributed by atoms with Gasteiger partial charge in [0, 0.05) is 0 Å². The zero-order valence-electron chi connectivity index (χ0n) is 11.7. The van der Waals surface area contributed by atoms with Crippen LogP contribution in [0.2, 0.25) is 0 Å². The van der Waals surface area contributed by atoms with Crippen LogP contribution in [0.3, 0.4) is 0 Å².